The molecule has 1 aromatic carbocycles. The van der Waals surface area contributed by atoms with Crippen LogP contribution in [0.2, 0.25) is 0 Å². The summed E-state index contributed by atoms with van der Waals surface area (Å²) >= 11 is 0. The summed E-state index contributed by atoms with van der Waals surface area (Å²) in [5, 5.41) is 2.88. The van der Waals surface area contributed by atoms with E-state index in [0.717, 1.165) is 17.7 Å². The SMILES string of the molecule is COc1ccc(CC(=O)NCCc2cnc[nH]2)cc1OC. The Balaban J connectivity index is 1.84. The van der Waals surface area contributed by atoms with Crippen LogP contribution in [0.15, 0.2) is 30.7 Å². The molecule has 0 fully saturated rings. The molecule has 0 atom stereocenters. The first-order chi connectivity index (χ1) is 10.2. The van der Waals surface area contributed by atoms with Gasteiger partial charge in [0.05, 0.1) is 27.0 Å². The Labute approximate surface area is 123 Å². The molecular weight excluding hydrogens is 270 g/mol. The fourth-order valence-corrected chi connectivity index (χ4v) is 2.00. The van der Waals surface area contributed by atoms with Crippen molar-refractivity contribution in [2.24, 2.45) is 0 Å². The minimum absolute atomic E-state index is 0.0262. The molecule has 21 heavy (non-hydrogen) atoms. The van der Waals surface area contributed by atoms with Crippen LogP contribution in [0.25, 0.3) is 0 Å². The van der Waals surface area contributed by atoms with Crippen LogP contribution in [0.3, 0.4) is 0 Å². The topological polar surface area (TPSA) is 76.2 Å². The number of H-pyrrole nitrogens is 1. The summed E-state index contributed by atoms with van der Waals surface area (Å²) in [5.41, 5.74) is 1.88. The number of aromatic amines is 1. The molecule has 0 saturated heterocycles. The molecule has 2 rings (SSSR count). The highest BCUT2D eigenvalue weighted by atomic mass is 16.5. The van der Waals surface area contributed by atoms with E-state index in [4.69, 9.17) is 9.47 Å². The lowest BCUT2D eigenvalue weighted by Crippen LogP contribution is -2.27. The van der Waals surface area contributed by atoms with Crippen molar-refractivity contribution in [1.82, 2.24) is 15.3 Å². The van der Waals surface area contributed by atoms with Crippen molar-refractivity contribution >= 4 is 5.91 Å². The van der Waals surface area contributed by atoms with E-state index in [1.807, 2.05) is 12.1 Å². The number of hydrogen-bond donors (Lipinski definition) is 2. The second-order valence-electron chi connectivity index (χ2n) is 4.54. The third-order valence-corrected chi connectivity index (χ3v) is 3.08. The summed E-state index contributed by atoms with van der Waals surface area (Å²) in [4.78, 5) is 18.8. The van der Waals surface area contributed by atoms with Crippen LogP contribution in [-0.4, -0.2) is 36.6 Å². The molecule has 0 spiro atoms. The minimum atomic E-state index is -0.0262. The van der Waals surface area contributed by atoms with Gasteiger partial charge >= 0.3 is 0 Å². The van der Waals surface area contributed by atoms with Gasteiger partial charge in [0, 0.05) is 24.9 Å². The smallest absolute Gasteiger partial charge is 0.224 e. The summed E-state index contributed by atoms with van der Waals surface area (Å²) in [6.07, 6.45) is 4.42. The first-order valence-electron chi connectivity index (χ1n) is 6.67. The van der Waals surface area contributed by atoms with Gasteiger partial charge in [0.1, 0.15) is 0 Å². The zero-order chi connectivity index (χ0) is 15.1. The largest absolute Gasteiger partial charge is 0.493 e. The molecule has 0 radical (unpaired) electrons. The van der Waals surface area contributed by atoms with E-state index in [-0.39, 0.29) is 5.91 Å². The van der Waals surface area contributed by atoms with E-state index in [9.17, 15) is 4.79 Å². The second kappa shape index (κ2) is 7.33. The van der Waals surface area contributed by atoms with Gasteiger partial charge < -0.3 is 19.8 Å². The van der Waals surface area contributed by atoms with Crippen LogP contribution in [0, 0.1) is 0 Å². The van der Waals surface area contributed by atoms with Crippen molar-refractivity contribution in [3.05, 3.63) is 42.0 Å². The van der Waals surface area contributed by atoms with Gasteiger partial charge in [-0.1, -0.05) is 6.07 Å². The number of rotatable bonds is 7. The van der Waals surface area contributed by atoms with Gasteiger partial charge in [-0.3, -0.25) is 4.79 Å². The standard InChI is InChI=1S/C15H19N3O3/c1-20-13-4-3-11(7-14(13)21-2)8-15(19)17-6-5-12-9-16-10-18-12/h3-4,7,9-10H,5-6,8H2,1-2H3,(H,16,18)(H,17,19). The fraction of sp³-hybridized carbons (Fsp3) is 0.333. The number of methoxy groups -OCH3 is 2. The number of ether oxygens (including phenoxy) is 2. The van der Waals surface area contributed by atoms with Gasteiger partial charge in [-0.05, 0) is 17.7 Å². The Kier molecular flexibility index (Phi) is 5.20. The molecule has 1 amide bonds. The third kappa shape index (κ3) is 4.24. The maximum atomic E-state index is 11.9. The Bertz CT molecular complexity index is 582. The Morgan fingerprint density at radius 2 is 2.10 bits per heavy atom. The highest BCUT2D eigenvalue weighted by molar-refractivity contribution is 5.78. The quantitative estimate of drug-likeness (QED) is 0.806. The average molecular weight is 289 g/mol. The zero-order valence-corrected chi connectivity index (χ0v) is 12.2. The van der Waals surface area contributed by atoms with E-state index in [1.165, 1.54) is 0 Å². The van der Waals surface area contributed by atoms with E-state index in [2.05, 4.69) is 15.3 Å². The molecule has 2 aromatic rings. The number of carbonyl (C=O) groups is 1. The number of hydrogen-bond acceptors (Lipinski definition) is 4. The van der Waals surface area contributed by atoms with Crippen LogP contribution >= 0.6 is 0 Å². The molecule has 2 N–H and O–H groups in total. The predicted molar refractivity (Wildman–Crippen MR) is 78.6 cm³/mol. The first-order valence-corrected chi connectivity index (χ1v) is 6.67. The summed E-state index contributed by atoms with van der Waals surface area (Å²) < 4.78 is 10.4. The van der Waals surface area contributed by atoms with Crippen molar-refractivity contribution in [1.29, 1.82) is 0 Å². The van der Waals surface area contributed by atoms with Crippen LogP contribution in [0.4, 0.5) is 0 Å². The molecule has 0 aliphatic heterocycles. The molecule has 1 heterocycles. The number of imidazole rings is 1. The van der Waals surface area contributed by atoms with Crippen molar-refractivity contribution in [2.45, 2.75) is 12.8 Å². The van der Waals surface area contributed by atoms with Crippen molar-refractivity contribution < 1.29 is 14.3 Å². The van der Waals surface area contributed by atoms with Crippen LogP contribution < -0.4 is 14.8 Å². The molecule has 1 aromatic heterocycles. The fourth-order valence-electron chi connectivity index (χ4n) is 2.00. The monoisotopic (exact) mass is 289 g/mol. The van der Waals surface area contributed by atoms with Crippen molar-refractivity contribution in [3.8, 4) is 11.5 Å². The van der Waals surface area contributed by atoms with Crippen LogP contribution in [-0.2, 0) is 17.6 Å². The Morgan fingerprint density at radius 1 is 1.29 bits per heavy atom. The van der Waals surface area contributed by atoms with Crippen LogP contribution in [0.5, 0.6) is 11.5 Å². The Morgan fingerprint density at radius 3 is 2.76 bits per heavy atom. The second-order valence-corrected chi connectivity index (χ2v) is 4.54. The summed E-state index contributed by atoms with van der Waals surface area (Å²) in [6.45, 7) is 0.578. The molecule has 0 unspecified atom stereocenters. The van der Waals surface area contributed by atoms with Gasteiger partial charge in [-0.15, -0.1) is 0 Å². The molecule has 0 saturated carbocycles. The molecule has 0 bridgehead atoms. The molecular formula is C15H19N3O3. The van der Waals surface area contributed by atoms with Gasteiger partial charge in [0.2, 0.25) is 5.91 Å². The van der Waals surface area contributed by atoms with Crippen molar-refractivity contribution in [3.63, 3.8) is 0 Å². The lowest BCUT2D eigenvalue weighted by molar-refractivity contribution is -0.120. The summed E-state index contributed by atoms with van der Waals surface area (Å²) in [7, 11) is 3.16. The number of benzene rings is 1. The molecule has 0 aliphatic carbocycles. The Hall–Kier alpha value is -2.50. The van der Waals surface area contributed by atoms with E-state index in [0.29, 0.717) is 24.5 Å². The number of nitrogens with zero attached hydrogens (tertiary/aromatic N) is 1. The number of aromatic nitrogens is 2. The van der Waals surface area contributed by atoms with Gasteiger partial charge in [0.15, 0.2) is 11.5 Å². The highest BCUT2D eigenvalue weighted by Gasteiger charge is 2.08. The number of nitrogens with one attached hydrogen (secondary N) is 2. The van der Waals surface area contributed by atoms with Gasteiger partial charge in [-0.25, -0.2) is 4.98 Å². The molecule has 0 aliphatic rings. The van der Waals surface area contributed by atoms with E-state index >= 15 is 0 Å². The van der Waals surface area contributed by atoms with Crippen LogP contribution in [0.1, 0.15) is 11.3 Å². The maximum Gasteiger partial charge on any atom is 0.224 e. The zero-order valence-electron chi connectivity index (χ0n) is 12.2. The van der Waals surface area contributed by atoms with E-state index in [1.54, 1.807) is 32.8 Å². The first kappa shape index (κ1) is 14.9. The lowest BCUT2D eigenvalue weighted by atomic mass is 10.1. The maximum absolute atomic E-state index is 11.9. The lowest BCUT2D eigenvalue weighted by Gasteiger charge is -2.09. The predicted octanol–water partition coefficient (Wildman–Crippen LogP) is 1.33. The van der Waals surface area contributed by atoms with Gasteiger partial charge in [0.25, 0.3) is 0 Å². The number of carbonyl (C=O) groups excluding carboxylic acids is 1. The molecule has 6 nitrogen and oxygen atoms in total. The molecule has 112 valence electrons. The normalized spacial score (nSPS) is 10.2. The average Bonchev–Trinajstić information content (AvgIpc) is 3.00. The summed E-state index contributed by atoms with van der Waals surface area (Å²) in [5.74, 6) is 1.25. The van der Waals surface area contributed by atoms with Gasteiger partial charge in [-0.2, -0.15) is 0 Å². The third-order valence-electron chi connectivity index (χ3n) is 3.08. The summed E-state index contributed by atoms with van der Waals surface area (Å²) in [6, 6.07) is 5.47. The molecule has 6 heteroatoms. The number of amides is 1. The van der Waals surface area contributed by atoms with E-state index < -0.39 is 0 Å². The minimum Gasteiger partial charge on any atom is -0.493 e. The van der Waals surface area contributed by atoms with Crippen molar-refractivity contribution in [2.75, 3.05) is 20.8 Å². The highest BCUT2D eigenvalue weighted by Crippen LogP contribution is 2.27.